The molecule has 3 aromatic rings. The molecule has 1 heterocycles. The van der Waals surface area contributed by atoms with E-state index in [-0.39, 0.29) is 16.9 Å². The van der Waals surface area contributed by atoms with E-state index in [1.807, 2.05) is 0 Å². The van der Waals surface area contributed by atoms with Crippen LogP contribution < -0.4 is 10.1 Å². The second-order valence-corrected chi connectivity index (χ2v) is 5.05. The molecule has 0 fully saturated rings. The summed E-state index contributed by atoms with van der Waals surface area (Å²) in [6, 6.07) is 9.17. The second kappa shape index (κ2) is 6.49. The minimum absolute atomic E-state index is 0.0574. The maximum Gasteiger partial charge on any atom is 0.337 e. The third kappa shape index (κ3) is 2.96. The number of carbonyl (C=O) groups is 1. The molecule has 0 spiro atoms. The molecule has 7 heteroatoms. The van der Waals surface area contributed by atoms with E-state index in [0.29, 0.717) is 23.5 Å². The third-order valence-electron chi connectivity index (χ3n) is 3.55. The lowest BCUT2D eigenvalue weighted by atomic mass is 10.1. The number of nitrogens with zero attached hydrogens (tertiary/aromatic N) is 2. The zero-order valence-corrected chi connectivity index (χ0v) is 12.8. The Morgan fingerprint density at radius 2 is 2.12 bits per heavy atom. The van der Waals surface area contributed by atoms with Crippen LogP contribution in [0.25, 0.3) is 10.9 Å². The van der Waals surface area contributed by atoms with Gasteiger partial charge in [0.05, 0.1) is 23.6 Å². The summed E-state index contributed by atoms with van der Waals surface area (Å²) < 4.78 is 18.6. The zero-order valence-electron chi connectivity index (χ0n) is 12.8. The Kier molecular flexibility index (Phi) is 4.24. The normalized spacial score (nSPS) is 10.6. The van der Waals surface area contributed by atoms with E-state index in [4.69, 9.17) is 4.74 Å². The summed E-state index contributed by atoms with van der Waals surface area (Å²) in [6.45, 7) is 0.324. The Balaban J connectivity index is 2.04. The van der Waals surface area contributed by atoms with Crippen LogP contribution in [0.3, 0.4) is 0 Å². The van der Waals surface area contributed by atoms with Crippen molar-refractivity contribution >= 4 is 22.7 Å². The van der Waals surface area contributed by atoms with E-state index in [2.05, 4.69) is 15.3 Å². The lowest BCUT2D eigenvalue weighted by Crippen LogP contribution is -2.06. The van der Waals surface area contributed by atoms with Gasteiger partial charge in [-0.3, -0.25) is 0 Å². The summed E-state index contributed by atoms with van der Waals surface area (Å²) in [4.78, 5) is 19.6. The highest BCUT2D eigenvalue weighted by molar-refractivity contribution is 6.07. The Bertz CT molecular complexity index is 915. The van der Waals surface area contributed by atoms with Gasteiger partial charge in [0.15, 0.2) is 0 Å². The van der Waals surface area contributed by atoms with Gasteiger partial charge in [-0.2, -0.15) is 0 Å². The molecule has 0 saturated carbocycles. The van der Waals surface area contributed by atoms with E-state index in [9.17, 15) is 14.3 Å². The van der Waals surface area contributed by atoms with Crippen LogP contribution in [-0.2, 0) is 6.54 Å². The van der Waals surface area contributed by atoms with E-state index >= 15 is 0 Å². The smallest absolute Gasteiger partial charge is 0.337 e. The van der Waals surface area contributed by atoms with Crippen molar-refractivity contribution in [1.82, 2.24) is 9.97 Å². The second-order valence-electron chi connectivity index (χ2n) is 5.05. The van der Waals surface area contributed by atoms with Crippen molar-refractivity contribution < 1.29 is 19.0 Å². The first-order valence-electron chi connectivity index (χ1n) is 7.13. The molecule has 3 rings (SSSR count). The van der Waals surface area contributed by atoms with Crippen LogP contribution >= 0.6 is 0 Å². The zero-order chi connectivity index (χ0) is 17.1. The number of methoxy groups -OCH3 is 1. The summed E-state index contributed by atoms with van der Waals surface area (Å²) in [5.74, 6) is -0.536. The lowest BCUT2D eigenvalue weighted by molar-refractivity contribution is 0.0699. The number of halogens is 1. The number of carboxylic acid groups (broad SMARTS) is 1. The van der Waals surface area contributed by atoms with E-state index in [0.717, 1.165) is 5.56 Å². The quantitative estimate of drug-likeness (QED) is 0.749. The van der Waals surface area contributed by atoms with Gasteiger partial charge in [0, 0.05) is 6.54 Å². The fraction of sp³-hybridized carbons (Fsp3) is 0.118. The predicted octanol–water partition coefficient (Wildman–Crippen LogP) is 3.09. The summed E-state index contributed by atoms with van der Waals surface area (Å²) in [5, 5.41) is 12.9. The van der Waals surface area contributed by atoms with Gasteiger partial charge in [0.25, 0.3) is 0 Å². The number of carboxylic acids is 1. The maximum atomic E-state index is 13.3. The van der Waals surface area contributed by atoms with Crippen LogP contribution in [0.15, 0.2) is 42.7 Å². The highest BCUT2D eigenvalue weighted by atomic mass is 19.1. The molecule has 0 amide bonds. The monoisotopic (exact) mass is 327 g/mol. The first kappa shape index (κ1) is 15.7. The average Bonchev–Trinajstić information content (AvgIpc) is 2.58. The number of hydrogen-bond acceptors (Lipinski definition) is 5. The van der Waals surface area contributed by atoms with Crippen LogP contribution in [0.5, 0.6) is 5.75 Å². The molecular weight excluding hydrogens is 313 g/mol. The van der Waals surface area contributed by atoms with Crippen molar-refractivity contribution in [2.24, 2.45) is 0 Å². The molecule has 0 aliphatic rings. The number of aromatic nitrogens is 2. The highest BCUT2D eigenvalue weighted by Gasteiger charge is 2.17. The number of rotatable bonds is 5. The number of ether oxygens (including phenoxy) is 1. The van der Waals surface area contributed by atoms with Crippen LogP contribution in [0.2, 0.25) is 0 Å². The fourth-order valence-corrected chi connectivity index (χ4v) is 2.45. The Morgan fingerprint density at radius 3 is 2.83 bits per heavy atom. The van der Waals surface area contributed by atoms with Crippen molar-refractivity contribution in [1.29, 1.82) is 0 Å². The van der Waals surface area contributed by atoms with Gasteiger partial charge in [-0.1, -0.05) is 12.1 Å². The van der Waals surface area contributed by atoms with Crippen molar-refractivity contribution in [3.63, 3.8) is 0 Å². The van der Waals surface area contributed by atoms with Crippen LogP contribution in [0.4, 0.5) is 10.2 Å². The molecule has 0 aliphatic heterocycles. The van der Waals surface area contributed by atoms with E-state index in [1.54, 1.807) is 18.2 Å². The molecule has 0 radical (unpaired) electrons. The van der Waals surface area contributed by atoms with Gasteiger partial charge in [-0.25, -0.2) is 19.2 Å². The number of aromatic carboxylic acids is 1. The van der Waals surface area contributed by atoms with Gasteiger partial charge < -0.3 is 15.2 Å². The van der Waals surface area contributed by atoms with Crippen LogP contribution in [0, 0.1) is 5.82 Å². The number of fused-ring (bicyclic) bond motifs is 1. The Morgan fingerprint density at radius 1 is 1.29 bits per heavy atom. The Hall–Kier alpha value is -3.22. The van der Waals surface area contributed by atoms with E-state index < -0.39 is 5.97 Å². The molecule has 122 valence electrons. The molecule has 2 aromatic carbocycles. The molecule has 0 atom stereocenters. The fourth-order valence-electron chi connectivity index (χ4n) is 2.45. The molecule has 2 N–H and O–H groups in total. The standard InChI is InChI=1S/C17H14FN3O3/c1-24-13-6-5-12(17(22)23)15-14(13)16(21-9-20-15)19-8-10-3-2-4-11(18)7-10/h2-7,9H,8H2,1H3,(H,22,23)(H,19,20,21). The van der Waals surface area contributed by atoms with Gasteiger partial charge in [0.1, 0.15) is 23.7 Å². The molecule has 0 bridgehead atoms. The van der Waals surface area contributed by atoms with E-state index in [1.165, 1.54) is 31.6 Å². The predicted molar refractivity (Wildman–Crippen MR) is 86.8 cm³/mol. The molecular formula is C17H14FN3O3. The third-order valence-corrected chi connectivity index (χ3v) is 3.55. The molecule has 6 nitrogen and oxygen atoms in total. The largest absolute Gasteiger partial charge is 0.496 e. The minimum atomic E-state index is -1.09. The SMILES string of the molecule is COc1ccc(C(=O)O)c2ncnc(NCc3cccc(F)c3)c12. The number of hydrogen-bond donors (Lipinski definition) is 2. The van der Waals surface area contributed by atoms with Gasteiger partial charge in [-0.05, 0) is 29.8 Å². The summed E-state index contributed by atoms with van der Waals surface area (Å²) in [7, 11) is 1.48. The minimum Gasteiger partial charge on any atom is -0.496 e. The summed E-state index contributed by atoms with van der Waals surface area (Å²) >= 11 is 0. The van der Waals surface area contributed by atoms with Crippen molar-refractivity contribution in [2.75, 3.05) is 12.4 Å². The lowest BCUT2D eigenvalue weighted by Gasteiger charge is -2.12. The maximum absolute atomic E-state index is 13.3. The molecule has 1 aromatic heterocycles. The summed E-state index contributed by atoms with van der Waals surface area (Å²) in [6.07, 6.45) is 1.28. The van der Waals surface area contributed by atoms with Crippen molar-refractivity contribution in [2.45, 2.75) is 6.54 Å². The molecule has 0 aliphatic carbocycles. The molecule has 24 heavy (non-hydrogen) atoms. The average molecular weight is 327 g/mol. The topological polar surface area (TPSA) is 84.3 Å². The molecule has 0 unspecified atom stereocenters. The van der Waals surface area contributed by atoms with Gasteiger partial charge in [-0.15, -0.1) is 0 Å². The molecule has 0 saturated heterocycles. The summed E-state index contributed by atoms with van der Waals surface area (Å²) in [5.41, 5.74) is 1.07. The number of anilines is 1. The highest BCUT2D eigenvalue weighted by Crippen LogP contribution is 2.32. The first-order chi connectivity index (χ1) is 11.6. The van der Waals surface area contributed by atoms with Crippen molar-refractivity contribution in [3.05, 3.63) is 59.7 Å². The van der Waals surface area contributed by atoms with Crippen LogP contribution in [0.1, 0.15) is 15.9 Å². The Labute approximate surface area is 136 Å². The van der Waals surface area contributed by atoms with Gasteiger partial charge >= 0.3 is 5.97 Å². The van der Waals surface area contributed by atoms with Gasteiger partial charge in [0.2, 0.25) is 0 Å². The number of nitrogens with one attached hydrogen (secondary N) is 1. The number of benzene rings is 2. The van der Waals surface area contributed by atoms with Crippen molar-refractivity contribution in [3.8, 4) is 5.75 Å². The van der Waals surface area contributed by atoms with Crippen LogP contribution in [-0.4, -0.2) is 28.2 Å². The first-order valence-corrected chi connectivity index (χ1v) is 7.13.